The van der Waals surface area contributed by atoms with Gasteiger partial charge in [0.15, 0.2) is 0 Å². The lowest BCUT2D eigenvalue weighted by atomic mass is 10.0. The topological polar surface area (TPSA) is 38.9 Å². The third-order valence-electron chi connectivity index (χ3n) is 2.27. The average molecular weight is 219 g/mol. The largest absolute Gasteiger partial charge is 0.320 e. The van der Waals surface area contributed by atoms with E-state index in [0.717, 1.165) is 11.1 Å². The van der Waals surface area contributed by atoms with E-state index >= 15 is 0 Å². The molecule has 0 saturated carbocycles. The van der Waals surface area contributed by atoms with Gasteiger partial charge in [-0.1, -0.05) is 23.7 Å². The van der Waals surface area contributed by atoms with E-state index in [-0.39, 0.29) is 6.04 Å². The lowest BCUT2D eigenvalue weighted by Gasteiger charge is -2.12. The minimum absolute atomic E-state index is 0.147. The maximum atomic E-state index is 6.10. The zero-order chi connectivity index (χ0) is 10.7. The second-order valence-electron chi connectivity index (χ2n) is 3.31. The molecule has 0 fully saturated rings. The first kappa shape index (κ1) is 10.1. The monoisotopic (exact) mass is 218 g/mol. The van der Waals surface area contributed by atoms with Gasteiger partial charge in [0.2, 0.25) is 0 Å². The summed E-state index contributed by atoms with van der Waals surface area (Å²) in [5.74, 6) is 0. The van der Waals surface area contributed by atoms with Gasteiger partial charge in [-0.25, -0.2) is 0 Å². The van der Waals surface area contributed by atoms with E-state index in [4.69, 9.17) is 17.3 Å². The van der Waals surface area contributed by atoms with Gasteiger partial charge >= 0.3 is 0 Å². The second kappa shape index (κ2) is 4.43. The van der Waals surface area contributed by atoms with Crippen molar-refractivity contribution in [1.29, 1.82) is 0 Å². The number of benzene rings is 1. The van der Waals surface area contributed by atoms with Crippen LogP contribution in [0.2, 0.25) is 5.02 Å². The van der Waals surface area contributed by atoms with Crippen molar-refractivity contribution < 1.29 is 0 Å². The minimum atomic E-state index is -0.147. The van der Waals surface area contributed by atoms with E-state index in [0.29, 0.717) is 5.02 Å². The first-order valence-corrected chi connectivity index (χ1v) is 5.06. The van der Waals surface area contributed by atoms with Crippen LogP contribution in [0.5, 0.6) is 0 Å². The van der Waals surface area contributed by atoms with Gasteiger partial charge in [-0.3, -0.25) is 4.98 Å². The van der Waals surface area contributed by atoms with Crippen molar-refractivity contribution >= 4 is 11.6 Å². The van der Waals surface area contributed by atoms with Crippen molar-refractivity contribution in [2.24, 2.45) is 5.73 Å². The van der Waals surface area contributed by atoms with Crippen LogP contribution in [0.15, 0.2) is 48.8 Å². The summed E-state index contributed by atoms with van der Waals surface area (Å²) in [5, 5.41) is 0.706. The fraction of sp³-hybridized carbons (Fsp3) is 0.0833. The smallest absolute Gasteiger partial charge is 0.0553 e. The predicted molar refractivity (Wildman–Crippen MR) is 61.7 cm³/mol. The van der Waals surface area contributed by atoms with Crippen molar-refractivity contribution in [1.82, 2.24) is 4.98 Å². The van der Waals surface area contributed by atoms with Crippen LogP contribution in [-0.4, -0.2) is 4.98 Å². The molecule has 76 valence electrons. The number of hydrogen-bond donors (Lipinski definition) is 1. The molecule has 15 heavy (non-hydrogen) atoms. The summed E-state index contributed by atoms with van der Waals surface area (Å²) in [4.78, 5) is 3.96. The van der Waals surface area contributed by atoms with Crippen LogP contribution in [0.25, 0.3) is 0 Å². The van der Waals surface area contributed by atoms with E-state index in [2.05, 4.69) is 4.98 Å². The van der Waals surface area contributed by atoms with Crippen LogP contribution in [0, 0.1) is 0 Å². The lowest BCUT2D eigenvalue weighted by Crippen LogP contribution is -2.11. The van der Waals surface area contributed by atoms with Crippen LogP contribution in [0.1, 0.15) is 17.2 Å². The van der Waals surface area contributed by atoms with E-state index in [1.54, 1.807) is 12.4 Å². The Hall–Kier alpha value is -1.38. The fourth-order valence-electron chi connectivity index (χ4n) is 1.46. The van der Waals surface area contributed by atoms with E-state index in [1.165, 1.54) is 0 Å². The Labute approximate surface area is 93.7 Å². The van der Waals surface area contributed by atoms with E-state index in [9.17, 15) is 0 Å². The molecule has 2 rings (SSSR count). The molecule has 3 heteroatoms. The van der Waals surface area contributed by atoms with Gasteiger partial charge in [-0.2, -0.15) is 0 Å². The molecule has 1 aromatic carbocycles. The van der Waals surface area contributed by atoms with Crippen LogP contribution < -0.4 is 5.73 Å². The molecule has 0 aliphatic rings. The van der Waals surface area contributed by atoms with Gasteiger partial charge in [-0.05, 0) is 35.4 Å². The molecule has 0 unspecified atom stereocenters. The number of hydrogen-bond acceptors (Lipinski definition) is 2. The SMILES string of the molecule is N[C@@H](c1ccncc1)c1cccc(Cl)c1. The second-order valence-corrected chi connectivity index (χ2v) is 3.75. The Morgan fingerprint density at radius 3 is 2.47 bits per heavy atom. The van der Waals surface area contributed by atoms with Crippen LogP contribution >= 0.6 is 11.6 Å². The van der Waals surface area contributed by atoms with Gasteiger partial charge in [-0.15, -0.1) is 0 Å². The number of rotatable bonds is 2. The quantitative estimate of drug-likeness (QED) is 0.842. The third-order valence-corrected chi connectivity index (χ3v) is 2.51. The lowest BCUT2D eigenvalue weighted by molar-refractivity contribution is 0.868. The van der Waals surface area contributed by atoms with Crippen molar-refractivity contribution in [3.05, 3.63) is 64.9 Å². The van der Waals surface area contributed by atoms with E-state index in [1.807, 2.05) is 36.4 Å². The first-order valence-electron chi connectivity index (χ1n) is 4.68. The van der Waals surface area contributed by atoms with Crippen molar-refractivity contribution in [2.45, 2.75) is 6.04 Å². The highest BCUT2D eigenvalue weighted by atomic mass is 35.5. The average Bonchev–Trinajstić information content (AvgIpc) is 2.29. The molecular formula is C12H11ClN2. The standard InChI is InChI=1S/C12H11ClN2/c13-11-3-1-2-10(8-11)12(14)9-4-6-15-7-5-9/h1-8,12H,14H2/t12-/m0/s1. The minimum Gasteiger partial charge on any atom is -0.320 e. The van der Waals surface area contributed by atoms with Crippen molar-refractivity contribution in [3.8, 4) is 0 Å². The molecule has 0 aliphatic heterocycles. The summed E-state index contributed by atoms with van der Waals surface area (Å²) in [6.07, 6.45) is 3.47. The molecule has 0 radical (unpaired) electrons. The molecular weight excluding hydrogens is 208 g/mol. The van der Waals surface area contributed by atoms with Crippen LogP contribution in [0.4, 0.5) is 0 Å². The number of aromatic nitrogens is 1. The highest BCUT2D eigenvalue weighted by molar-refractivity contribution is 6.30. The summed E-state index contributed by atoms with van der Waals surface area (Å²) >= 11 is 5.91. The summed E-state index contributed by atoms with van der Waals surface area (Å²) in [5.41, 5.74) is 8.14. The first-order chi connectivity index (χ1) is 7.27. The fourth-order valence-corrected chi connectivity index (χ4v) is 1.66. The molecule has 2 aromatic rings. The maximum absolute atomic E-state index is 6.10. The molecule has 0 amide bonds. The number of pyridine rings is 1. The molecule has 0 bridgehead atoms. The third kappa shape index (κ3) is 2.35. The van der Waals surface area contributed by atoms with Gasteiger partial charge in [0.25, 0.3) is 0 Å². The van der Waals surface area contributed by atoms with Gasteiger partial charge in [0, 0.05) is 17.4 Å². The zero-order valence-corrected chi connectivity index (χ0v) is 8.85. The van der Waals surface area contributed by atoms with Gasteiger partial charge < -0.3 is 5.73 Å². The summed E-state index contributed by atoms with van der Waals surface area (Å²) in [6, 6.07) is 11.3. The summed E-state index contributed by atoms with van der Waals surface area (Å²) in [6.45, 7) is 0. The summed E-state index contributed by atoms with van der Waals surface area (Å²) in [7, 11) is 0. The maximum Gasteiger partial charge on any atom is 0.0553 e. The Balaban J connectivity index is 2.32. The number of nitrogens with zero attached hydrogens (tertiary/aromatic N) is 1. The van der Waals surface area contributed by atoms with Crippen LogP contribution in [0.3, 0.4) is 0 Å². The number of nitrogens with two attached hydrogens (primary N) is 1. The Kier molecular flexibility index (Phi) is 2.99. The Morgan fingerprint density at radius 1 is 1.07 bits per heavy atom. The van der Waals surface area contributed by atoms with E-state index < -0.39 is 0 Å². The normalized spacial score (nSPS) is 12.4. The zero-order valence-electron chi connectivity index (χ0n) is 8.10. The molecule has 2 N–H and O–H groups in total. The molecule has 0 saturated heterocycles. The molecule has 1 aromatic heterocycles. The highest BCUT2D eigenvalue weighted by Crippen LogP contribution is 2.21. The van der Waals surface area contributed by atoms with Gasteiger partial charge in [0.1, 0.15) is 0 Å². The van der Waals surface area contributed by atoms with Crippen molar-refractivity contribution in [2.75, 3.05) is 0 Å². The van der Waals surface area contributed by atoms with Crippen LogP contribution in [-0.2, 0) is 0 Å². The molecule has 0 aliphatic carbocycles. The predicted octanol–water partition coefficient (Wildman–Crippen LogP) is 2.78. The molecule has 1 atom stereocenters. The molecule has 0 spiro atoms. The Morgan fingerprint density at radius 2 is 1.80 bits per heavy atom. The van der Waals surface area contributed by atoms with Crippen molar-refractivity contribution in [3.63, 3.8) is 0 Å². The van der Waals surface area contributed by atoms with Gasteiger partial charge in [0.05, 0.1) is 6.04 Å². The number of halogens is 1. The molecule has 1 heterocycles. The highest BCUT2D eigenvalue weighted by Gasteiger charge is 2.08. The summed E-state index contributed by atoms with van der Waals surface area (Å²) < 4.78 is 0. The Bertz CT molecular complexity index is 442. The molecule has 2 nitrogen and oxygen atoms in total.